The Morgan fingerprint density at radius 1 is 1.50 bits per heavy atom. The number of thioether (sulfide) groups is 1. The maximum absolute atomic E-state index is 12.6. The molecule has 12 heteroatoms. The van der Waals surface area contributed by atoms with Crippen molar-refractivity contribution in [1.82, 2.24) is 15.2 Å². The third-order valence-electron chi connectivity index (χ3n) is 4.64. The zero-order chi connectivity index (χ0) is 18.6. The number of anilines is 1. The zero-order valence-electron chi connectivity index (χ0n) is 13.2. The number of esters is 1. The van der Waals surface area contributed by atoms with Crippen LogP contribution < -0.4 is 11.1 Å². The summed E-state index contributed by atoms with van der Waals surface area (Å²) < 4.78 is 5.08. The van der Waals surface area contributed by atoms with Crippen LogP contribution in [0.4, 0.5) is 5.13 Å². The molecule has 4 unspecified atom stereocenters. The Kier molecular flexibility index (Phi) is 3.84. The molecule has 0 bridgehead atoms. The molecule has 4 atom stereocenters. The molecule has 2 amide bonds. The van der Waals surface area contributed by atoms with Crippen LogP contribution in [-0.4, -0.2) is 67.6 Å². The van der Waals surface area contributed by atoms with Gasteiger partial charge in [-0.3, -0.25) is 19.3 Å². The van der Waals surface area contributed by atoms with Crippen molar-refractivity contribution in [1.29, 1.82) is 0 Å². The lowest BCUT2D eigenvalue weighted by molar-refractivity contribution is -0.213. The van der Waals surface area contributed by atoms with Crippen LogP contribution >= 0.6 is 23.1 Å². The first-order valence-electron chi connectivity index (χ1n) is 7.72. The van der Waals surface area contributed by atoms with Crippen LogP contribution in [0.15, 0.2) is 5.38 Å². The largest absolute Gasteiger partial charge is 0.477 e. The number of aliphatic carboxylic acids is 1. The van der Waals surface area contributed by atoms with Gasteiger partial charge in [0, 0.05) is 11.1 Å². The van der Waals surface area contributed by atoms with Gasteiger partial charge in [-0.15, -0.1) is 23.1 Å². The smallest absolute Gasteiger partial charge is 0.371 e. The molecule has 0 aliphatic carbocycles. The molecular formula is C14H14N4O6S2. The minimum atomic E-state index is -1.98. The number of thiazole rings is 1. The van der Waals surface area contributed by atoms with Crippen molar-refractivity contribution in [2.45, 2.75) is 35.9 Å². The fraction of sp³-hybridized carbons (Fsp3) is 0.500. The van der Waals surface area contributed by atoms with Crippen molar-refractivity contribution < 1.29 is 29.0 Å². The van der Waals surface area contributed by atoms with Crippen molar-refractivity contribution in [2.75, 3.05) is 11.5 Å². The Labute approximate surface area is 155 Å². The van der Waals surface area contributed by atoms with E-state index in [1.807, 2.05) is 0 Å². The van der Waals surface area contributed by atoms with Gasteiger partial charge in [-0.25, -0.2) is 9.78 Å². The second kappa shape index (κ2) is 5.84. The third kappa shape index (κ3) is 2.35. The highest BCUT2D eigenvalue weighted by atomic mass is 32.2. The van der Waals surface area contributed by atoms with Crippen LogP contribution in [0.2, 0.25) is 0 Å². The number of carbonyl (C=O) groups excluding carboxylic acids is 3. The van der Waals surface area contributed by atoms with E-state index in [9.17, 15) is 24.3 Å². The van der Waals surface area contributed by atoms with Crippen LogP contribution in [0.5, 0.6) is 0 Å². The van der Waals surface area contributed by atoms with Gasteiger partial charge in [0.15, 0.2) is 5.13 Å². The molecule has 138 valence electrons. The zero-order valence-corrected chi connectivity index (χ0v) is 14.8. The molecule has 0 radical (unpaired) electrons. The van der Waals surface area contributed by atoms with Crippen molar-refractivity contribution in [3.8, 4) is 0 Å². The maximum Gasteiger partial charge on any atom is 0.371 e. The minimum absolute atomic E-state index is 0.0287. The summed E-state index contributed by atoms with van der Waals surface area (Å²) in [7, 11) is 0. The van der Waals surface area contributed by atoms with E-state index in [2.05, 4.69) is 10.3 Å². The Hall–Kier alpha value is -2.34. The molecule has 1 aromatic rings. The number of carboxylic acid groups (broad SMARTS) is 1. The monoisotopic (exact) mass is 398 g/mol. The van der Waals surface area contributed by atoms with Crippen LogP contribution in [0.1, 0.15) is 12.1 Å². The number of carbonyl (C=O) groups is 4. The number of nitrogens with two attached hydrogens (primary N) is 1. The van der Waals surface area contributed by atoms with Crippen LogP contribution in [-0.2, 0) is 30.3 Å². The summed E-state index contributed by atoms with van der Waals surface area (Å²) in [6.07, 6.45) is -0.0885. The molecule has 3 aliphatic rings. The number of carboxylic acids is 1. The molecule has 26 heavy (non-hydrogen) atoms. The molecule has 1 aromatic heterocycles. The predicted molar refractivity (Wildman–Crippen MR) is 90.1 cm³/mol. The molecule has 0 saturated carbocycles. The van der Waals surface area contributed by atoms with Gasteiger partial charge < -0.3 is 20.9 Å². The molecule has 3 aliphatic heterocycles. The summed E-state index contributed by atoms with van der Waals surface area (Å²) in [4.78, 5) is 53.3. The predicted octanol–water partition coefficient (Wildman–Crippen LogP) is -1.19. The van der Waals surface area contributed by atoms with Gasteiger partial charge in [0.1, 0.15) is 6.04 Å². The molecule has 0 spiro atoms. The number of nitrogens with zero attached hydrogens (tertiary/aromatic N) is 2. The lowest BCUT2D eigenvalue weighted by Gasteiger charge is -2.56. The number of hydrogen-bond acceptors (Lipinski definition) is 9. The van der Waals surface area contributed by atoms with Gasteiger partial charge in [-0.2, -0.15) is 0 Å². The number of rotatable bonds is 4. The van der Waals surface area contributed by atoms with Crippen molar-refractivity contribution in [3.05, 3.63) is 11.1 Å². The van der Waals surface area contributed by atoms with Crippen LogP contribution in [0.25, 0.3) is 0 Å². The molecule has 4 N–H and O–H groups in total. The van der Waals surface area contributed by atoms with Gasteiger partial charge in [0.05, 0.1) is 29.8 Å². The summed E-state index contributed by atoms with van der Waals surface area (Å²) in [6, 6.07) is -1.39. The quantitative estimate of drug-likeness (QED) is 0.420. The normalized spacial score (nSPS) is 32.3. The Balaban J connectivity index is 1.49. The Morgan fingerprint density at radius 3 is 2.92 bits per heavy atom. The summed E-state index contributed by atoms with van der Waals surface area (Å²) in [5.41, 5.74) is 4.04. The number of amides is 2. The van der Waals surface area contributed by atoms with Gasteiger partial charge >= 0.3 is 11.9 Å². The van der Waals surface area contributed by atoms with E-state index in [1.165, 1.54) is 23.1 Å². The van der Waals surface area contributed by atoms with E-state index < -0.39 is 46.8 Å². The number of β-lactam (4-membered cyclic amide) rings is 1. The van der Waals surface area contributed by atoms with E-state index in [0.717, 1.165) is 4.90 Å². The number of nitrogen functional groups attached to an aromatic ring is 1. The standard InChI is InChI=1S/C14H14N4O6S2/c15-13-16-5(3-26-13)1-8(19)17-10-6-4-25-7-2-9(20)24-14(7,12(22)23)18(6)11(10)21/h3,6-7,10H,1-2,4H2,(H2,15,16)(H,17,19)(H,22,23). The maximum atomic E-state index is 12.6. The van der Waals surface area contributed by atoms with Gasteiger partial charge in [0.25, 0.3) is 11.6 Å². The highest BCUT2D eigenvalue weighted by molar-refractivity contribution is 8.00. The molecule has 0 aromatic carbocycles. The number of nitrogens with one attached hydrogen (secondary N) is 1. The highest BCUT2D eigenvalue weighted by Gasteiger charge is 2.71. The Bertz CT molecular complexity index is 828. The second-order valence-electron chi connectivity index (χ2n) is 6.18. The highest BCUT2D eigenvalue weighted by Crippen LogP contribution is 2.49. The SMILES string of the molecule is Nc1nc(CC(=O)NC2C(=O)N3C2CSC2CC(=O)OC23C(=O)O)cs1. The second-order valence-corrected chi connectivity index (χ2v) is 8.30. The lowest BCUT2D eigenvalue weighted by atomic mass is 9.89. The average Bonchev–Trinajstić information content (AvgIpc) is 3.13. The first-order chi connectivity index (χ1) is 12.3. The van der Waals surface area contributed by atoms with E-state index >= 15 is 0 Å². The number of fused-ring (bicyclic) bond motifs is 3. The van der Waals surface area contributed by atoms with E-state index in [4.69, 9.17) is 10.5 Å². The van der Waals surface area contributed by atoms with Crippen LogP contribution in [0.3, 0.4) is 0 Å². The molecule has 4 heterocycles. The van der Waals surface area contributed by atoms with Crippen molar-refractivity contribution >= 4 is 52.0 Å². The summed E-state index contributed by atoms with van der Waals surface area (Å²) >= 11 is 2.48. The molecular weight excluding hydrogens is 384 g/mol. The summed E-state index contributed by atoms with van der Waals surface area (Å²) in [5.74, 6) is -2.58. The molecule has 4 rings (SSSR count). The topological polar surface area (TPSA) is 152 Å². The summed E-state index contributed by atoms with van der Waals surface area (Å²) in [6.45, 7) is 0. The molecule has 3 saturated heterocycles. The first-order valence-corrected chi connectivity index (χ1v) is 9.65. The van der Waals surface area contributed by atoms with E-state index in [-0.39, 0.29) is 12.8 Å². The van der Waals surface area contributed by atoms with Gasteiger partial charge in [0.2, 0.25) is 5.91 Å². The Morgan fingerprint density at radius 2 is 2.27 bits per heavy atom. The molecule has 10 nitrogen and oxygen atoms in total. The summed E-state index contributed by atoms with van der Waals surface area (Å²) in [5, 5.41) is 13.6. The number of aromatic nitrogens is 1. The first kappa shape index (κ1) is 17.1. The number of ether oxygens (including phenoxy) is 1. The van der Waals surface area contributed by atoms with Crippen molar-refractivity contribution in [3.63, 3.8) is 0 Å². The average molecular weight is 398 g/mol. The van der Waals surface area contributed by atoms with E-state index in [1.54, 1.807) is 5.38 Å². The lowest BCUT2D eigenvalue weighted by Crippen LogP contribution is -2.82. The van der Waals surface area contributed by atoms with Gasteiger partial charge in [-0.1, -0.05) is 0 Å². The van der Waals surface area contributed by atoms with Gasteiger partial charge in [-0.05, 0) is 0 Å². The fourth-order valence-corrected chi connectivity index (χ4v) is 5.60. The fourth-order valence-electron chi connectivity index (χ4n) is 3.52. The van der Waals surface area contributed by atoms with E-state index in [0.29, 0.717) is 16.6 Å². The van der Waals surface area contributed by atoms with Crippen LogP contribution in [0, 0.1) is 0 Å². The number of hydrogen-bond donors (Lipinski definition) is 3. The molecule has 3 fully saturated rings. The minimum Gasteiger partial charge on any atom is -0.477 e. The van der Waals surface area contributed by atoms with Crippen molar-refractivity contribution in [2.24, 2.45) is 0 Å². The third-order valence-corrected chi connectivity index (χ3v) is 6.78.